The van der Waals surface area contributed by atoms with E-state index in [1.807, 2.05) is 37.3 Å². The van der Waals surface area contributed by atoms with E-state index in [4.69, 9.17) is 20.8 Å². The Morgan fingerprint density at radius 2 is 1.86 bits per heavy atom. The van der Waals surface area contributed by atoms with Crippen LogP contribution in [-0.4, -0.2) is 5.54 Å². The zero-order valence-electron chi connectivity index (χ0n) is 13.0. The first-order valence-corrected chi connectivity index (χ1v) is 7.43. The number of rotatable bonds is 5. The number of hydrogen-bond acceptors (Lipinski definition) is 3. The van der Waals surface area contributed by atoms with E-state index >= 15 is 0 Å². The molecule has 0 unspecified atom stereocenters. The maximum absolute atomic E-state index is 5.84. The first-order valence-electron chi connectivity index (χ1n) is 7.05. The van der Waals surface area contributed by atoms with Crippen LogP contribution in [0.15, 0.2) is 34.7 Å². The fourth-order valence-corrected chi connectivity index (χ4v) is 2.01. The third-order valence-corrected chi connectivity index (χ3v) is 3.33. The van der Waals surface area contributed by atoms with E-state index in [0.717, 1.165) is 23.8 Å². The molecule has 2 aromatic rings. The summed E-state index contributed by atoms with van der Waals surface area (Å²) in [5, 5.41) is 4.16. The Morgan fingerprint density at radius 3 is 2.48 bits per heavy atom. The van der Waals surface area contributed by atoms with Gasteiger partial charge >= 0.3 is 0 Å². The minimum atomic E-state index is 0.0870. The molecule has 1 heterocycles. The number of benzene rings is 1. The molecule has 114 valence electrons. The standard InChI is InChI=1S/C17H22ClNO2/c1-12-13(10-19-17(2,3)4)9-16(21-12)11-20-15-7-5-14(18)6-8-15/h5-9,19H,10-11H2,1-4H3. The molecule has 0 saturated carbocycles. The number of hydrogen-bond donors (Lipinski definition) is 1. The van der Waals surface area contributed by atoms with Crippen LogP contribution in [0.1, 0.15) is 37.9 Å². The number of aryl methyl sites for hydroxylation is 1. The molecule has 4 heteroatoms. The minimum Gasteiger partial charge on any atom is -0.486 e. The van der Waals surface area contributed by atoms with E-state index in [2.05, 4.69) is 26.1 Å². The number of halogens is 1. The molecule has 0 bridgehead atoms. The van der Waals surface area contributed by atoms with E-state index in [1.54, 1.807) is 0 Å². The van der Waals surface area contributed by atoms with Gasteiger partial charge < -0.3 is 14.5 Å². The second-order valence-corrected chi connectivity index (χ2v) is 6.58. The fraction of sp³-hybridized carbons (Fsp3) is 0.412. The van der Waals surface area contributed by atoms with Crippen LogP contribution in [0, 0.1) is 6.92 Å². The Hall–Kier alpha value is -1.45. The normalized spacial score (nSPS) is 11.7. The van der Waals surface area contributed by atoms with Gasteiger partial charge in [0.2, 0.25) is 0 Å². The minimum absolute atomic E-state index is 0.0870. The molecule has 3 nitrogen and oxygen atoms in total. The Morgan fingerprint density at radius 1 is 1.19 bits per heavy atom. The highest BCUT2D eigenvalue weighted by molar-refractivity contribution is 6.30. The first-order chi connectivity index (χ1) is 9.83. The lowest BCUT2D eigenvalue weighted by Gasteiger charge is -2.20. The smallest absolute Gasteiger partial charge is 0.146 e. The molecule has 0 fully saturated rings. The first kappa shape index (κ1) is 15.9. The predicted octanol–water partition coefficient (Wildman–Crippen LogP) is 4.71. The van der Waals surface area contributed by atoms with Crippen LogP contribution in [0.5, 0.6) is 5.75 Å². The second-order valence-electron chi connectivity index (χ2n) is 6.14. The van der Waals surface area contributed by atoms with Gasteiger partial charge in [0, 0.05) is 22.7 Å². The van der Waals surface area contributed by atoms with Crippen LogP contribution in [-0.2, 0) is 13.2 Å². The fourth-order valence-electron chi connectivity index (χ4n) is 1.88. The molecule has 21 heavy (non-hydrogen) atoms. The van der Waals surface area contributed by atoms with Crippen molar-refractivity contribution < 1.29 is 9.15 Å². The second kappa shape index (κ2) is 6.54. The van der Waals surface area contributed by atoms with Gasteiger partial charge in [-0.3, -0.25) is 0 Å². The lowest BCUT2D eigenvalue weighted by molar-refractivity contribution is 0.267. The maximum Gasteiger partial charge on any atom is 0.146 e. The zero-order chi connectivity index (χ0) is 15.5. The molecule has 0 aliphatic rings. The van der Waals surface area contributed by atoms with Gasteiger partial charge in [0.05, 0.1) is 0 Å². The molecule has 0 radical (unpaired) electrons. The molecule has 0 saturated heterocycles. The maximum atomic E-state index is 5.84. The Balaban J connectivity index is 1.94. The molecular formula is C17H22ClNO2. The molecule has 0 atom stereocenters. The van der Waals surface area contributed by atoms with Crippen molar-refractivity contribution in [3.8, 4) is 5.75 Å². The summed E-state index contributed by atoms with van der Waals surface area (Å²) in [5.74, 6) is 2.54. The van der Waals surface area contributed by atoms with Gasteiger partial charge in [0.25, 0.3) is 0 Å². The summed E-state index contributed by atoms with van der Waals surface area (Å²) in [6.07, 6.45) is 0. The summed E-state index contributed by atoms with van der Waals surface area (Å²) < 4.78 is 11.4. The lowest BCUT2D eigenvalue weighted by Crippen LogP contribution is -2.35. The topological polar surface area (TPSA) is 34.4 Å². The Kier molecular flexibility index (Phi) is 4.96. The Bertz CT molecular complexity index is 582. The van der Waals surface area contributed by atoms with Crippen molar-refractivity contribution in [3.63, 3.8) is 0 Å². The van der Waals surface area contributed by atoms with Gasteiger partial charge in [-0.15, -0.1) is 0 Å². The van der Waals surface area contributed by atoms with Gasteiger partial charge in [-0.2, -0.15) is 0 Å². The molecule has 1 aromatic carbocycles. The van der Waals surface area contributed by atoms with Crippen molar-refractivity contribution in [2.45, 2.75) is 46.4 Å². The SMILES string of the molecule is Cc1oc(COc2ccc(Cl)cc2)cc1CNC(C)(C)C. The molecule has 0 spiro atoms. The summed E-state index contributed by atoms with van der Waals surface area (Å²) in [6.45, 7) is 9.62. The number of furan rings is 1. The molecule has 0 aliphatic heterocycles. The molecule has 2 rings (SSSR count). The third-order valence-electron chi connectivity index (χ3n) is 3.08. The summed E-state index contributed by atoms with van der Waals surface area (Å²) in [6, 6.07) is 9.36. The quantitative estimate of drug-likeness (QED) is 0.868. The number of ether oxygens (including phenoxy) is 1. The zero-order valence-corrected chi connectivity index (χ0v) is 13.8. The van der Waals surface area contributed by atoms with E-state index in [0.29, 0.717) is 11.6 Å². The average molecular weight is 308 g/mol. The molecule has 0 aliphatic carbocycles. The predicted molar refractivity (Wildman–Crippen MR) is 85.8 cm³/mol. The summed E-state index contributed by atoms with van der Waals surface area (Å²) >= 11 is 5.84. The average Bonchev–Trinajstić information content (AvgIpc) is 2.76. The third kappa shape index (κ3) is 5.10. The van der Waals surface area contributed by atoms with E-state index < -0.39 is 0 Å². The summed E-state index contributed by atoms with van der Waals surface area (Å²) in [4.78, 5) is 0. The van der Waals surface area contributed by atoms with Crippen LogP contribution in [0.3, 0.4) is 0 Å². The van der Waals surface area contributed by atoms with Crippen LogP contribution >= 0.6 is 11.6 Å². The highest BCUT2D eigenvalue weighted by Crippen LogP contribution is 2.20. The van der Waals surface area contributed by atoms with Gasteiger partial charge in [-0.25, -0.2) is 0 Å². The van der Waals surface area contributed by atoms with Crippen LogP contribution in [0.25, 0.3) is 0 Å². The van der Waals surface area contributed by atoms with Gasteiger partial charge in [0.15, 0.2) is 0 Å². The summed E-state index contributed by atoms with van der Waals surface area (Å²) in [5.41, 5.74) is 1.25. The molecule has 0 amide bonds. The Labute approximate surface area is 131 Å². The van der Waals surface area contributed by atoms with Gasteiger partial charge in [0.1, 0.15) is 23.9 Å². The lowest BCUT2D eigenvalue weighted by atomic mass is 10.1. The van der Waals surface area contributed by atoms with E-state index in [-0.39, 0.29) is 5.54 Å². The number of nitrogens with one attached hydrogen (secondary N) is 1. The van der Waals surface area contributed by atoms with Gasteiger partial charge in [-0.1, -0.05) is 11.6 Å². The van der Waals surface area contributed by atoms with Crippen molar-refractivity contribution in [1.82, 2.24) is 5.32 Å². The van der Waals surface area contributed by atoms with Crippen LogP contribution < -0.4 is 10.1 Å². The van der Waals surface area contributed by atoms with Gasteiger partial charge in [-0.05, 0) is 58.0 Å². The van der Waals surface area contributed by atoms with Crippen molar-refractivity contribution in [2.75, 3.05) is 0 Å². The molecule has 1 N–H and O–H groups in total. The van der Waals surface area contributed by atoms with Crippen molar-refractivity contribution >= 4 is 11.6 Å². The highest BCUT2D eigenvalue weighted by Gasteiger charge is 2.12. The van der Waals surface area contributed by atoms with Crippen molar-refractivity contribution in [1.29, 1.82) is 0 Å². The van der Waals surface area contributed by atoms with Crippen LogP contribution in [0.4, 0.5) is 0 Å². The molecule has 1 aromatic heterocycles. The highest BCUT2D eigenvalue weighted by atomic mass is 35.5. The van der Waals surface area contributed by atoms with Crippen molar-refractivity contribution in [3.05, 3.63) is 52.4 Å². The molecular weight excluding hydrogens is 286 g/mol. The van der Waals surface area contributed by atoms with Crippen LogP contribution in [0.2, 0.25) is 5.02 Å². The van der Waals surface area contributed by atoms with E-state index in [1.165, 1.54) is 5.56 Å². The van der Waals surface area contributed by atoms with Crippen molar-refractivity contribution in [2.24, 2.45) is 0 Å². The summed E-state index contributed by atoms with van der Waals surface area (Å²) in [7, 11) is 0. The van der Waals surface area contributed by atoms with E-state index in [9.17, 15) is 0 Å². The monoisotopic (exact) mass is 307 g/mol. The largest absolute Gasteiger partial charge is 0.486 e.